The quantitative estimate of drug-likeness (QED) is 0.336. The second-order valence-corrected chi connectivity index (χ2v) is 7.01. The summed E-state index contributed by atoms with van der Waals surface area (Å²) < 4.78 is 6.70. The fourth-order valence-corrected chi connectivity index (χ4v) is 3.11. The lowest BCUT2D eigenvalue weighted by Crippen LogP contribution is -2.17. The number of hydrogen-bond acceptors (Lipinski definition) is 4. The molecule has 1 aromatic heterocycles. The maximum absolute atomic E-state index is 12.3. The van der Waals surface area contributed by atoms with Gasteiger partial charge in [0.15, 0.2) is 0 Å². The smallest absolute Gasteiger partial charge is 0.275 e. The first-order valence-electron chi connectivity index (χ1n) is 8.52. The molecule has 0 unspecified atom stereocenters. The lowest BCUT2D eigenvalue weighted by atomic mass is 10.1. The predicted molar refractivity (Wildman–Crippen MR) is 113 cm³/mol. The average Bonchev–Trinajstić information content (AvgIpc) is 3.18. The number of amides is 1. The van der Waals surface area contributed by atoms with Crippen LogP contribution in [0, 0.1) is 0 Å². The van der Waals surface area contributed by atoms with E-state index in [1.165, 1.54) is 6.21 Å². The number of nitrogens with zero attached hydrogens (tertiary/aromatic N) is 1. The highest BCUT2D eigenvalue weighted by Gasteiger charge is 2.13. The number of benzene rings is 3. The van der Waals surface area contributed by atoms with E-state index in [1.807, 2.05) is 48.5 Å². The second-order valence-electron chi connectivity index (χ2n) is 6.09. The Kier molecular flexibility index (Phi) is 4.95. The molecule has 138 valence electrons. The molecule has 0 aliphatic rings. The summed E-state index contributed by atoms with van der Waals surface area (Å²) in [4.78, 5) is 12.3. The van der Waals surface area contributed by atoms with Crippen LogP contribution >= 0.6 is 15.9 Å². The van der Waals surface area contributed by atoms with Crippen molar-refractivity contribution in [3.8, 4) is 17.1 Å². The summed E-state index contributed by atoms with van der Waals surface area (Å²) in [7, 11) is 0. The van der Waals surface area contributed by atoms with Gasteiger partial charge >= 0.3 is 0 Å². The minimum Gasteiger partial charge on any atom is -0.506 e. The summed E-state index contributed by atoms with van der Waals surface area (Å²) in [5.41, 5.74) is 3.51. The third kappa shape index (κ3) is 3.68. The molecule has 0 aliphatic carbocycles. The number of carbonyl (C=O) groups is 1. The van der Waals surface area contributed by atoms with Gasteiger partial charge in [-0.1, -0.05) is 58.4 Å². The molecule has 0 saturated heterocycles. The number of halogens is 1. The number of rotatable bonds is 4. The molecule has 2 N–H and O–H groups in total. The zero-order valence-corrected chi connectivity index (χ0v) is 16.2. The Bertz CT molecular complexity index is 1180. The van der Waals surface area contributed by atoms with Crippen LogP contribution in [0.25, 0.3) is 22.1 Å². The van der Waals surface area contributed by atoms with E-state index < -0.39 is 5.91 Å². The van der Waals surface area contributed by atoms with Crippen molar-refractivity contribution in [1.82, 2.24) is 5.43 Å². The van der Waals surface area contributed by atoms with Crippen molar-refractivity contribution in [3.63, 3.8) is 0 Å². The van der Waals surface area contributed by atoms with Crippen molar-refractivity contribution < 1.29 is 14.3 Å². The molecule has 1 heterocycles. The van der Waals surface area contributed by atoms with Crippen molar-refractivity contribution in [3.05, 3.63) is 88.6 Å². The van der Waals surface area contributed by atoms with Gasteiger partial charge < -0.3 is 9.52 Å². The van der Waals surface area contributed by atoms with Gasteiger partial charge in [0.05, 0.1) is 11.8 Å². The molecule has 0 atom stereocenters. The number of hydrazone groups is 1. The van der Waals surface area contributed by atoms with Crippen LogP contribution in [0.1, 0.15) is 16.1 Å². The predicted octanol–water partition coefficient (Wildman–Crippen LogP) is 5.33. The van der Waals surface area contributed by atoms with Gasteiger partial charge in [-0.3, -0.25) is 4.79 Å². The van der Waals surface area contributed by atoms with Crippen molar-refractivity contribution in [2.45, 2.75) is 0 Å². The summed E-state index contributed by atoms with van der Waals surface area (Å²) in [6, 6.07) is 22.0. The van der Waals surface area contributed by atoms with E-state index in [-0.39, 0.29) is 11.3 Å². The van der Waals surface area contributed by atoms with E-state index in [0.717, 1.165) is 15.4 Å². The third-order valence-corrected chi connectivity index (χ3v) is 4.79. The Balaban J connectivity index is 1.47. The van der Waals surface area contributed by atoms with Gasteiger partial charge in [0.2, 0.25) is 0 Å². The first-order chi connectivity index (χ1) is 13.6. The molecule has 0 aliphatic heterocycles. The summed E-state index contributed by atoms with van der Waals surface area (Å²) >= 11 is 3.40. The van der Waals surface area contributed by atoms with Gasteiger partial charge in [0.1, 0.15) is 17.3 Å². The van der Waals surface area contributed by atoms with E-state index >= 15 is 0 Å². The fraction of sp³-hybridized carbons (Fsp3) is 0. The van der Waals surface area contributed by atoms with Crippen molar-refractivity contribution in [1.29, 1.82) is 0 Å². The molecular weight excluding hydrogens is 420 g/mol. The third-order valence-electron chi connectivity index (χ3n) is 4.26. The molecule has 3 aromatic carbocycles. The maximum Gasteiger partial charge on any atom is 0.275 e. The Morgan fingerprint density at radius 1 is 1.00 bits per heavy atom. The minimum absolute atomic E-state index is 0.0682. The first-order valence-corrected chi connectivity index (χ1v) is 9.31. The van der Waals surface area contributed by atoms with Gasteiger partial charge in [-0.05, 0) is 35.7 Å². The highest BCUT2D eigenvalue weighted by Crippen LogP contribution is 2.28. The van der Waals surface area contributed by atoms with Crippen LogP contribution in [0.4, 0.5) is 0 Å². The molecule has 0 saturated carbocycles. The lowest BCUT2D eigenvalue weighted by molar-refractivity contribution is 0.0952. The summed E-state index contributed by atoms with van der Waals surface area (Å²) in [6.07, 6.45) is 1.42. The molecule has 4 rings (SSSR count). The van der Waals surface area contributed by atoms with Crippen LogP contribution < -0.4 is 5.43 Å². The molecular formula is C22H15BrN2O3. The van der Waals surface area contributed by atoms with Crippen molar-refractivity contribution in [2.75, 3.05) is 0 Å². The second kappa shape index (κ2) is 7.70. The molecule has 4 aromatic rings. The van der Waals surface area contributed by atoms with Crippen LogP contribution in [-0.2, 0) is 0 Å². The standard InChI is InChI=1S/C22H15BrN2O3/c23-16-8-5-15(6-9-16)20-12-10-17(28-20)13-24-25-22(27)19-11-7-14-3-1-2-4-18(14)21(19)26/h1-13,26H,(H,25,27)/b24-13+. The van der Waals surface area contributed by atoms with Crippen LogP contribution in [-0.4, -0.2) is 17.2 Å². The molecule has 6 heteroatoms. The maximum atomic E-state index is 12.3. The van der Waals surface area contributed by atoms with Crippen LogP contribution in [0.2, 0.25) is 0 Å². The summed E-state index contributed by atoms with van der Waals surface area (Å²) in [5.74, 6) is 0.633. The van der Waals surface area contributed by atoms with Crippen LogP contribution in [0.15, 0.2) is 86.8 Å². The Morgan fingerprint density at radius 3 is 2.61 bits per heavy atom. The van der Waals surface area contributed by atoms with Crippen LogP contribution in [0.3, 0.4) is 0 Å². The number of phenolic OH excluding ortho intramolecular Hbond substituents is 1. The van der Waals surface area contributed by atoms with Crippen LogP contribution in [0.5, 0.6) is 5.75 Å². The molecule has 1 amide bonds. The number of fused-ring (bicyclic) bond motifs is 1. The van der Waals surface area contributed by atoms with E-state index in [1.54, 1.807) is 24.3 Å². The van der Waals surface area contributed by atoms with Gasteiger partial charge in [0, 0.05) is 15.4 Å². The van der Waals surface area contributed by atoms with Gasteiger partial charge in [-0.25, -0.2) is 5.43 Å². The van der Waals surface area contributed by atoms with E-state index in [2.05, 4.69) is 26.5 Å². The monoisotopic (exact) mass is 434 g/mol. The molecule has 0 bridgehead atoms. The Labute approximate surface area is 169 Å². The van der Waals surface area contributed by atoms with Gasteiger partial charge in [-0.2, -0.15) is 5.10 Å². The molecule has 0 radical (unpaired) electrons. The lowest BCUT2D eigenvalue weighted by Gasteiger charge is -2.06. The molecule has 0 spiro atoms. The van der Waals surface area contributed by atoms with Gasteiger partial charge in [-0.15, -0.1) is 0 Å². The first kappa shape index (κ1) is 18.0. The van der Waals surface area contributed by atoms with E-state index in [9.17, 15) is 9.90 Å². The highest BCUT2D eigenvalue weighted by molar-refractivity contribution is 9.10. The topological polar surface area (TPSA) is 74.8 Å². The van der Waals surface area contributed by atoms with E-state index in [4.69, 9.17) is 4.42 Å². The summed E-state index contributed by atoms with van der Waals surface area (Å²) in [6.45, 7) is 0. The van der Waals surface area contributed by atoms with Crippen molar-refractivity contribution >= 4 is 38.8 Å². The largest absolute Gasteiger partial charge is 0.506 e. The fourth-order valence-electron chi connectivity index (χ4n) is 2.84. The number of nitrogens with one attached hydrogen (secondary N) is 1. The molecule has 0 fully saturated rings. The molecule has 5 nitrogen and oxygen atoms in total. The number of aromatic hydroxyl groups is 1. The summed E-state index contributed by atoms with van der Waals surface area (Å²) in [5, 5.41) is 15.7. The number of phenols is 1. The zero-order valence-electron chi connectivity index (χ0n) is 14.6. The highest BCUT2D eigenvalue weighted by atomic mass is 79.9. The Hall–Kier alpha value is -3.38. The number of carbonyl (C=O) groups excluding carboxylic acids is 1. The number of hydrogen-bond donors (Lipinski definition) is 2. The van der Waals surface area contributed by atoms with Gasteiger partial charge in [0.25, 0.3) is 5.91 Å². The van der Waals surface area contributed by atoms with E-state index in [0.29, 0.717) is 16.9 Å². The zero-order chi connectivity index (χ0) is 19.5. The Morgan fingerprint density at radius 2 is 1.79 bits per heavy atom. The molecule has 28 heavy (non-hydrogen) atoms. The SMILES string of the molecule is O=C(N/N=C/c1ccc(-c2ccc(Br)cc2)o1)c1ccc2ccccc2c1O. The normalized spacial score (nSPS) is 11.2. The number of furan rings is 1. The van der Waals surface area contributed by atoms with Crippen molar-refractivity contribution in [2.24, 2.45) is 5.10 Å². The average molecular weight is 435 g/mol. The minimum atomic E-state index is -0.501.